The SMILES string of the molecule is COC(=O)C1=C(C)N=c2sc(=Cc3cccc(OC)c3OC)c(=O)n2C1c1ccc(Cl)c([N+](=O)[O-])c1. The smallest absolute Gasteiger partial charge is 0.338 e. The number of nitro benzene ring substituents is 1. The summed E-state index contributed by atoms with van der Waals surface area (Å²) in [5, 5.41) is 11.5. The molecule has 0 amide bonds. The number of hydrogen-bond acceptors (Lipinski definition) is 9. The average Bonchev–Trinajstić information content (AvgIpc) is 3.16. The number of ether oxygens (including phenoxy) is 3. The number of nitrogens with zero attached hydrogens (tertiary/aromatic N) is 3. The molecule has 0 bridgehead atoms. The molecule has 12 heteroatoms. The van der Waals surface area contributed by atoms with Crippen LogP contribution >= 0.6 is 22.9 Å². The van der Waals surface area contributed by atoms with Crippen LogP contribution in [0.25, 0.3) is 6.08 Å². The summed E-state index contributed by atoms with van der Waals surface area (Å²) in [5.41, 5.74) is 0.539. The van der Waals surface area contributed by atoms with Crippen LogP contribution in [0.2, 0.25) is 5.02 Å². The number of nitro groups is 1. The molecule has 0 N–H and O–H groups in total. The molecular formula is C24H20ClN3O7S. The van der Waals surface area contributed by atoms with Gasteiger partial charge in [0, 0.05) is 11.6 Å². The van der Waals surface area contributed by atoms with Crippen molar-refractivity contribution in [2.24, 2.45) is 4.99 Å². The number of thiazole rings is 1. The number of para-hydroxylation sites is 1. The summed E-state index contributed by atoms with van der Waals surface area (Å²) < 4.78 is 17.4. The number of carbonyl (C=O) groups is 1. The second-order valence-corrected chi connectivity index (χ2v) is 9.04. The van der Waals surface area contributed by atoms with Crippen molar-refractivity contribution in [2.45, 2.75) is 13.0 Å². The van der Waals surface area contributed by atoms with Gasteiger partial charge in [0.1, 0.15) is 5.02 Å². The summed E-state index contributed by atoms with van der Waals surface area (Å²) in [5.74, 6) is 0.235. The summed E-state index contributed by atoms with van der Waals surface area (Å²) in [7, 11) is 4.22. The average molecular weight is 530 g/mol. The van der Waals surface area contributed by atoms with E-state index in [-0.39, 0.29) is 16.3 Å². The highest BCUT2D eigenvalue weighted by molar-refractivity contribution is 7.07. The van der Waals surface area contributed by atoms with E-state index < -0.39 is 22.5 Å². The van der Waals surface area contributed by atoms with E-state index in [9.17, 15) is 19.7 Å². The Morgan fingerprint density at radius 1 is 1.22 bits per heavy atom. The number of rotatable bonds is 6. The zero-order valence-corrected chi connectivity index (χ0v) is 21.2. The Bertz CT molecular complexity index is 1610. The van der Waals surface area contributed by atoms with Crippen molar-refractivity contribution in [1.82, 2.24) is 4.57 Å². The zero-order chi connectivity index (χ0) is 26.1. The molecule has 0 aliphatic carbocycles. The van der Waals surface area contributed by atoms with Crippen molar-refractivity contribution < 1.29 is 23.9 Å². The molecule has 0 saturated heterocycles. The van der Waals surface area contributed by atoms with Crippen LogP contribution < -0.4 is 24.4 Å². The number of aromatic nitrogens is 1. The van der Waals surface area contributed by atoms with Gasteiger partial charge < -0.3 is 14.2 Å². The van der Waals surface area contributed by atoms with E-state index in [1.807, 2.05) is 0 Å². The van der Waals surface area contributed by atoms with Crippen LogP contribution in [0.1, 0.15) is 24.1 Å². The quantitative estimate of drug-likeness (QED) is 0.273. The number of carbonyl (C=O) groups excluding carboxylic acids is 1. The minimum absolute atomic E-state index is 0.0680. The van der Waals surface area contributed by atoms with E-state index in [0.717, 1.165) is 11.3 Å². The maximum absolute atomic E-state index is 13.7. The highest BCUT2D eigenvalue weighted by atomic mass is 35.5. The van der Waals surface area contributed by atoms with Crippen molar-refractivity contribution in [3.05, 3.63) is 93.6 Å². The molecule has 4 rings (SSSR count). The van der Waals surface area contributed by atoms with Gasteiger partial charge in [-0.1, -0.05) is 41.1 Å². The molecule has 10 nitrogen and oxygen atoms in total. The fraction of sp³-hybridized carbons (Fsp3) is 0.208. The highest BCUT2D eigenvalue weighted by Gasteiger charge is 2.34. The fourth-order valence-corrected chi connectivity index (χ4v) is 5.24. The molecule has 0 radical (unpaired) electrons. The van der Waals surface area contributed by atoms with E-state index in [4.69, 9.17) is 25.8 Å². The molecule has 1 aromatic heterocycles. The van der Waals surface area contributed by atoms with E-state index in [1.165, 1.54) is 44.1 Å². The predicted octanol–water partition coefficient (Wildman–Crippen LogP) is 2.99. The van der Waals surface area contributed by atoms with E-state index in [2.05, 4.69) is 4.99 Å². The third-order valence-corrected chi connectivity index (χ3v) is 6.93. The Morgan fingerprint density at radius 2 is 1.97 bits per heavy atom. The van der Waals surface area contributed by atoms with Gasteiger partial charge in [-0.05, 0) is 30.7 Å². The summed E-state index contributed by atoms with van der Waals surface area (Å²) >= 11 is 7.12. The van der Waals surface area contributed by atoms with Crippen molar-refractivity contribution in [3.8, 4) is 11.5 Å². The molecule has 0 fully saturated rings. The topological polar surface area (TPSA) is 122 Å². The van der Waals surface area contributed by atoms with Crippen molar-refractivity contribution in [1.29, 1.82) is 0 Å². The Hall–Kier alpha value is -3.96. The second kappa shape index (κ2) is 9.96. The second-order valence-electron chi connectivity index (χ2n) is 7.62. The first-order valence-corrected chi connectivity index (χ1v) is 11.7. The third-order valence-electron chi connectivity index (χ3n) is 5.63. The summed E-state index contributed by atoms with van der Waals surface area (Å²) in [6.45, 7) is 1.62. The summed E-state index contributed by atoms with van der Waals surface area (Å²) in [4.78, 5) is 42.1. The summed E-state index contributed by atoms with van der Waals surface area (Å²) in [6.07, 6.45) is 1.64. The minimum Gasteiger partial charge on any atom is -0.493 e. The Morgan fingerprint density at radius 3 is 2.61 bits per heavy atom. The van der Waals surface area contributed by atoms with Crippen LogP contribution in [-0.2, 0) is 9.53 Å². The van der Waals surface area contributed by atoms with E-state index in [0.29, 0.717) is 37.7 Å². The number of fused-ring (bicyclic) bond motifs is 1. The molecule has 2 aromatic carbocycles. The van der Waals surface area contributed by atoms with Crippen molar-refractivity contribution in [2.75, 3.05) is 21.3 Å². The number of allylic oxidation sites excluding steroid dienone is 1. The van der Waals surface area contributed by atoms with E-state index in [1.54, 1.807) is 31.2 Å². The molecule has 2 heterocycles. The molecule has 0 saturated carbocycles. The maximum Gasteiger partial charge on any atom is 0.338 e. The van der Waals surface area contributed by atoms with Crippen LogP contribution in [0.5, 0.6) is 11.5 Å². The highest BCUT2D eigenvalue weighted by Crippen LogP contribution is 2.35. The molecule has 1 atom stereocenters. The van der Waals surface area contributed by atoms with Gasteiger partial charge in [0.15, 0.2) is 16.3 Å². The number of esters is 1. The number of hydrogen-bond donors (Lipinski definition) is 0. The van der Waals surface area contributed by atoms with Crippen molar-refractivity contribution >= 4 is 40.7 Å². The normalized spacial score (nSPS) is 15.2. The molecule has 186 valence electrons. The lowest BCUT2D eigenvalue weighted by atomic mass is 9.95. The Labute approximate surface area is 213 Å². The lowest BCUT2D eigenvalue weighted by Crippen LogP contribution is -2.39. The number of methoxy groups -OCH3 is 3. The lowest BCUT2D eigenvalue weighted by Gasteiger charge is -2.24. The molecule has 0 spiro atoms. The number of benzene rings is 2. The van der Waals surface area contributed by atoms with Crippen LogP contribution in [0.3, 0.4) is 0 Å². The third kappa shape index (κ3) is 4.27. The first-order valence-electron chi connectivity index (χ1n) is 10.5. The first-order chi connectivity index (χ1) is 17.2. The first kappa shape index (κ1) is 25.1. The molecule has 1 aliphatic heterocycles. The van der Waals surface area contributed by atoms with Gasteiger partial charge >= 0.3 is 5.97 Å². The van der Waals surface area contributed by atoms with Gasteiger partial charge in [-0.3, -0.25) is 19.5 Å². The van der Waals surface area contributed by atoms with Crippen LogP contribution in [0.4, 0.5) is 5.69 Å². The van der Waals surface area contributed by atoms with Crippen molar-refractivity contribution in [3.63, 3.8) is 0 Å². The van der Waals surface area contributed by atoms with Gasteiger partial charge in [0.2, 0.25) is 0 Å². The van der Waals surface area contributed by atoms with Crippen LogP contribution in [0.15, 0.2) is 57.5 Å². The molecular weight excluding hydrogens is 510 g/mol. The van der Waals surface area contributed by atoms with Gasteiger partial charge in [0.25, 0.3) is 11.2 Å². The summed E-state index contributed by atoms with van der Waals surface area (Å²) in [6, 6.07) is 8.39. The number of halogens is 1. The van der Waals surface area contributed by atoms with E-state index >= 15 is 0 Å². The van der Waals surface area contributed by atoms with Gasteiger partial charge in [-0.15, -0.1) is 0 Å². The molecule has 1 aliphatic rings. The van der Waals surface area contributed by atoms with Gasteiger partial charge in [-0.25, -0.2) is 9.79 Å². The largest absolute Gasteiger partial charge is 0.493 e. The predicted molar refractivity (Wildman–Crippen MR) is 133 cm³/mol. The van der Waals surface area contributed by atoms with Gasteiger partial charge in [-0.2, -0.15) is 0 Å². The molecule has 36 heavy (non-hydrogen) atoms. The molecule has 3 aromatic rings. The minimum atomic E-state index is -1.01. The van der Waals surface area contributed by atoms with Crippen LogP contribution in [0, 0.1) is 10.1 Å². The van der Waals surface area contributed by atoms with Crippen LogP contribution in [-0.4, -0.2) is 36.8 Å². The maximum atomic E-state index is 13.7. The Kier molecular flexibility index (Phi) is 6.95. The fourth-order valence-electron chi connectivity index (χ4n) is 4.01. The Balaban J connectivity index is 2.01. The lowest BCUT2D eigenvalue weighted by molar-refractivity contribution is -0.384. The monoisotopic (exact) mass is 529 g/mol. The molecule has 1 unspecified atom stereocenters. The zero-order valence-electron chi connectivity index (χ0n) is 19.6. The van der Waals surface area contributed by atoms with Gasteiger partial charge in [0.05, 0.1) is 48.1 Å². The standard InChI is InChI=1S/C24H20ClN3O7S/c1-12-19(23(30)35-4)20(13-8-9-15(25)16(10-13)28(31)32)27-22(29)18(36-24(27)26-12)11-14-6-5-7-17(33-2)21(14)34-3/h5-11,20H,1-4H3.